The van der Waals surface area contributed by atoms with Crippen molar-refractivity contribution in [2.75, 3.05) is 6.61 Å². The van der Waals surface area contributed by atoms with E-state index in [1.807, 2.05) is 0 Å². The third-order valence-electron chi connectivity index (χ3n) is 1.30. The van der Waals surface area contributed by atoms with E-state index in [1.54, 1.807) is 25.1 Å². The van der Waals surface area contributed by atoms with Crippen molar-refractivity contribution in [2.45, 2.75) is 11.8 Å². The van der Waals surface area contributed by atoms with E-state index in [1.165, 1.54) is 12.1 Å². The van der Waals surface area contributed by atoms with Crippen molar-refractivity contribution in [1.82, 2.24) is 0 Å². The maximum absolute atomic E-state index is 11.2. The van der Waals surface area contributed by atoms with Gasteiger partial charge in [0.25, 0.3) is 10.1 Å². The van der Waals surface area contributed by atoms with Crippen LogP contribution in [-0.2, 0) is 14.3 Å². The zero-order valence-electron chi connectivity index (χ0n) is 6.73. The molecule has 1 aromatic rings. The van der Waals surface area contributed by atoms with Gasteiger partial charge in [0, 0.05) is 0 Å². The Morgan fingerprint density at radius 3 is 2.23 bits per heavy atom. The summed E-state index contributed by atoms with van der Waals surface area (Å²) in [5.74, 6) is 0. The SMILES string of the molecule is CCOS(=O)(=O)c1ccccc1.[KH]. The number of hydrogen-bond donors (Lipinski definition) is 0. The van der Waals surface area contributed by atoms with Gasteiger partial charge in [-0.2, -0.15) is 8.42 Å². The quantitative estimate of drug-likeness (QED) is 0.564. The summed E-state index contributed by atoms with van der Waals surface area (Å²) in [6.45, 7) is 1.80. The van der Waals surface area contributed by atoms with Gasteiger partial charge in [-0.3, -0.25) is 4.18 Å². The summed E-state index contributed by atoms with van der Waals surface area (Å²) in [6.07, 6.45) is 0. The Morgan fingerprint density at radius 1 is 1.23 bits per heavy atom. The monoisotopic (exact) mass is 226 g/mol. The van der Waals surface area contributed by atoms with Crippen molar-refractivity contribution in [3.05, 3.63) is 30.3 Å². The molecule has 0 aliphatic heterocycles. The van der Waals surface area contributed by atoms with Crippen LogP contribution in [0, 0.1) is 0 Å². The molecule has 0 saturated carbocycles. The first kappa shape index (κ1) is 13.8. The summed E-state index contributed by atoms with van der Waals surface area (Å²) >= 11 is 0. The fourth-order valence-corrected chi connectivity index (χ4v) is 1.75. The molecule has 0 atom stereocenters. The van der Waals surface area contributed by atoms with Crippen molar-refractivity contribution in [1.29, 1.82) is 0 Å². The summed E-state index contributed by atoms with van der Waals surface area (Å²) in [4.78, 5) is 0.201. The van der Waals surface area contributed by atoms with E-state index in [0.717, 1.165) is 0 Å². The first-order valence-corrected chi connectivity index (χ1v) is 5.02. The van der Waals surface area contributed by atoms with E-state index in [9.17, 15) is 8.42 Å². The van der Waals surface area contributed by atoms with E-state index >= 15 is 0 Å². The first-order chi connectivity index (χ1) is 5.67. The van der Waals surface area contributed by atoms with Gasteiger partial charge < -0.3 is 0 Å². The minimum atomic E-state index is -3.51. The number of benzene rings is 1. The van der Waals surface area contributed by atoms with E-state index < -0.39 is 10.1 Å². The molecule has 0 heterocycles. The van der Waals surface area contributed by atoms with Crippen LogP contribution in [0.1, 0.15) is 6.92 Å². The standard InChI is InChI=1S/C8H10O3S.K.H/c1-2-11-12(9,10)8-6-4-3-5-7-8;;/h3-7H,2H2,1H3;;. The van der Waals surface area contributed by atoms with Gasteiger partial charge in [-0.25, -0.2) is 0 Å². The minimum absolute atomic E-state index is 0. The Bertz CT molecular complexity index is 334. The fraction of sp³-hybridized carbons (Fsp3) is 0.250. The van der Waals surface area contributed by atoms with Crippen LogP contribution in [0.15, 0.2) is 35.2 Å². The third kappa shape index (κ3) is 4.20. The summed E-state index contributed by atoms with van der Waals surface area (Å²) in [5, 5.41) is 0. The van der Waals surface area contributed by atoms with Gasteiger partial charge in [-0.05, 0) is 19.1 Å². The van der Waals surface area contributed by atoms with Crippen LogP contribution in [-0.4, -0.2) is 66.4 Å². The van der Waals surface area contributed by atoms with E-state index in [0.29, 0.717) is 0 Å². The third-order valence-corrected chi connectivity index (χ3v) is 2.70. The predicted octanol–water partition coefficient (Wildman–Crippen LogP) is 0.763. The van der Waals surface area contributed by atoms with Gasteiger partial charge in [0.15, 0.2) is 0 Å². The van der Waals surface area contributed by atoms with Crippen LogP contribution >= 0.6 is 0 Å². The molecule has 1 aromatic carbocycles. The molecule has 0 N–H and O–H groups in total. The number of hydrogen-bond acceptors (Lipinski definition) is 3. The van der Waals surface area contributed by atoms with Crippen molar-refractivity contribution in [2.24, 2.45) is 0 Å². The Balaban J connectivity index is 0.00000144. The van der Waals surface area contributed by atoms with E-state index in [4.69, 9.17) is 0 Å². The molecule has 0 fully saturated rings. The van der Waals surface area contributed by atoms with Gasteiger partial charge in [0.1, 0.15) is 0 Å². The van der Waals surface area contributed by atoms with Gasteiger partial charge >= 0.3 is 51.4 Å². The summed E-state index contributed by atoms with van der Waals surface area (Å²) in [6, 6.07) is 8.08. The molecule has 0 amide bonds. The number of rotatable bonds is 3. The molecule has 13 heavy (non-hydrogen) atoms. The molecule has 3 nitrogen and oxygen atoms in total. The van der Waals surface area contributed by atoms with Crippen LogP contribution in [0.2, 0.25) is 0 Å². The van der Waals surface area contributed by atoms with Crippen molar-refractivity contribution < 1.29 is 12.6 Å². The summed E-state index contributed by atoms with van der Waals surface area (Å²) < 4.78 is 27.0. The van der Waals surface area contributed by atoms with Crippen molar-refractivity contribution in [3.8, 4) is 0 Å². The molecule has 0 spiro atoms. The first-order valence-electron chi connectivity index (χ1n) is 3.61. The second-order valence-corrected chi connectivity index (χ2v) is 3.79. The molecule has 5 heteroatoms. The molecule has 0 radical (unpaired) electrons. The summed E-state index contributed by atoms with van der Waals surface area (Å²) in [7, 11) is -3.51. The molecule has 0 aliphatic rings. The van der Waals surface area contributed by atoms with Gasteiger partial charge in [-0.1, -0.05) is 18.2 Å². The molecule has 0 aromatic heterocycles. The van der Waals surface area contributed by atoms with Gasteiger partial charge in [-0.15, -0.1) is 0 Å². The molecule has 68 valence electrons. The summed E-state index contributed by atoms with van der Waals surface area (Å²) in [5.41, 5.74) is 0. The predicted molar refractivity (Wildman–Crippen MR) is 52.4 cm³/mol. The van der Waals surface area contributed by atoms with Crippen LogP contribution in [0.5, 0.6) is 0 Å². The zero-order valence-corrected chi connectivity index (χ0v) is 7.54. The average molecular weight is 226 g/mol. The van der Waals surface area contributed by atoms with Crippen LogP contribution in [0.4, 0.5) is 0 Å². The maximum atomic E-state index is 11.2. The fourth-order valence-electron chi connectivity index (χ4n) is 0.810. The van der Waals surface area contributed by atoms with Crippen LogP contribution in [0.3, 0.4) is 0 Å². The Labute approximate surface area is 121 Å². The van der Waals surface area contributed by atoms with Crippen LogP contribution < -0.4 is 0 Å². The average Bonchev–Trinajstić information content (AvgIpc) is 2.06. The van der Waals surface area contributed by atoms with Gasteiger partial charge in [0.2, 0.25) is 0 Å². The molecular weight excluding hydrogens is 215 g/mol. The molecule has 0 unspecified atom stereocenters. The molecule has 0 bridgehead atoms. The Hall–Kier alpha value is 0.766. The van der Waals surface area contributed by atoms with Crippen molar-refractivity contribution >= 4 is 61.5 Å². The second-order valence-electron chi connectivity index (χ2n) is 2.17. The van der Waals surface area contributed by atoms with Crippen molar-refractivity contribution in [3.63, 3.8) is 0 Å². The van der Waals surface area contributed by atoms with E-state index in [-0.39, 0.29) is 62.9 Å². The molecular formula is C8H11KO3S. The van der Waals surface area contributed by atoms with Gasteiger partial charge in [0.05, 0.1) is 11.5 Å². The Morgan fingerprint density at radius 2 is 1.77 bits per heavy atom. The molecule has 0 saturated heterocycles. The normalized spacial score (nSPS) is 10.5. The second kappa shape index (κ2) is 6.29. The topological polar surface area (TPSA) is 43.4 Å². The zero-order chi connectivity index (χ0) is 9.03. The van der Waals surface area contributed by atoms with Crippen LogP contribution in [0.25, 0.3) is 0 Å². The Kier molecular flexibility index (Phi) is 6.66. The van der Waals surface area contributed by atoms with E-state index in [2.05, 4.69) is 4.18 Å². The molecule has 0 aliphatic carbocycles. The molecule has 1 rings (SSSR count).